The molecule has 5 aliphatic rings. The average Bonchev–Trinajstić information content (AvgIpc) is 3.69. The summed E-state index contributed by atoms with van der Waals surface area (Å²) >= 11 is 12.9. The van der Waals surface area contributed by atoms with Crippen molar-refractivity contribution >= 4 is 70.1 Å². The molecule has 10 nitrogen and oxygen atoms in total. The Hall–Kier alpha value is -3.14. The van der Waals surface area contributed by atoms with Gasteiger partial charge in [-0.2, -0.15) is 0 Å². The summed E-state index contributed by atoms with van der Waals surface area (Å²) in [6.07, 6.45) is 5.62. The highest BCUT2D eigenvalue weighted by Gasteiger charge is 2.74. The Bertz CT molecular complexity index is 2010. The number of alkyl halides is 2. The standard InChI is InChI=1S/C32H33Cl2N4O6P/c1-15-8-35-28-22(39)4-20-26(24(15)28)19(7-34)11-38(20)30(40)32-12-31(13-32,14-32)17(3)37-10-18(6-33)27-21(37)5-23(44-45(41,42)43)29-25(27)16(2)9-36-29/h4-5,8-9,18-19,35-36,39H,3,6-7,10-14H2,1-2H3,(H2,41,42,43)/t18-,19-,31?,32?/m1/s1. The highest BCUT2D eigenvalue weighted by atomic mass is 35.5. The fourth-order valence-electron chi connectivity index (χ4n) is 8.83. The number of carbonyl (C=O) groups excluding carboxylic acids is 1. The number of carbonyl (C=O) groups is 1. The van der Waals surface area contributed by atoms with E-state index in [4.69, 9.17) is 27.7 Å². The minimum atomic E-state index is -4.82. The maximum Gasteiger partial charge on any atom is 0.524 e. The van der Waals surface area contributed by atoms with Gasteiger partial charge >= 0.3 is 7.82 Å². The first-order valence-electron chi connectivity index (χ1n) is 15.0. The fourth-order valence-corrected chi connectivity index (χ4v) is 9.73. The van der Waals surface area contributed by atoms with Gasteiger partial charge in [-0.1, -0.05) is 6.58 Å². The molecular formula is C32H33Cl2N4O6P. The van der Waals surface area contributed by atoms with Gasteiger partial charge in [-0.15, -0.1) is 23.2 Å². The van der Waals surface area contributed by atoms with Gasteiger partial charge in [0.05, 0.1) is 22.1 Å². The maximum absolute atomic E-state index is 14.2. The number of anilines is 2. The van der Waals surface area contributed by atoms with Crippen LogP contribution in [-0.2, 0) is 9.36 Å². The Labute approximate surface area is 269 Å². The number of aromatic nitrogens is 2. The number of fused-ring (bicyclic) bond motifs is 6. The molecular weight excluding hydrogens is 638 g/mol. The average molecular weight is 672 g/mol. The summed E-state index contributed by atoms with van der Waals surface area (Å²) in [7, 11) is -4.82. The number of allylic oxidation sites excluding steroid dienone is 1. The molecule has 236 valence electrons. The zero-order valence-electron chi connectivity index (χ0n) is 24.8. The summed E-state index contributed by atoms with van der Waals surface area (Å²) in [4.78, 5) is 43.7. The zero-order valence-corrected chi connectivity index (χ0v) is 27.2. The van der Waals surface area contributed by atoms with Crippen molar-refractivity contribution < 1.29 is 28.8 Å². The van der Waals surface area contributed by atoms with E-state index in [1.165, 1.54) is 0 Å². The van der Waals surface area contributed by atoms with E-state index in [0.717, 1.165) is 50.1 Å². The number of hydrogen-bond donors (Lipinski definition) is 5. The molecule has 45 heavy (non-hydrogen) atoms. The number of halogens is 2. The van der Waals surface area contributed by atoms with Crippen molar-refractivity contribution in [1.82, 2.24) is 9.97 Å². The van der Waals surface area contributed by atoms with E-state index in [-0.39, 0.29) is 34.7 Å². The van der Waals surface area contributed by atoms with Gasteiger partial charge in [-0.25, -0.2) is 4.57 Å². The number of H-pyrrole nitrogens is 2. The Morgan fingerprint density at radius 3 is 2.07 bits per heavy atom. The fraction of sp³-hybridized carbons (Fsp3) is 0.406. The number of phenolic OH excluding ortho intramolecular Hbond substituents is 1. The minimum Gasteiger partial charge on any atom is -0.506 e. The molecule has 5 N–H and O–H groups in total. The molecule has 3 fully saturated rings. The van der Waals surface area contributed by atoms with Crippen LogP contribution in [0.5, 0.6) is 11.5 Å². The number of rotatable bonds is 7. The highest BCUT2D eigenvalue weighted by Crippen LogP contribution is 2.77. The number of hydrogen-bond acceptors (Lipinski definition) is 5. The SMILES string of the molecule is C=C(N1C[C@@H](CCl)c2c1cc(OP(=O)(O)O)c1[nH]cc(C)c21)C12CC(C(=O)N3C[C@@H](CCl)c4c3cc(O)c3[nH]cc(C)c43)(C1)C2. The van der Waals surface area contributed by atoms with E-state index in [1.807, 2.05) is 24.9 Å². The van der Waals surface area contributed by atoms with Gasteiger partial charge < -0.3 is 29.4 Å². The van der Waals surface area contributed by atoms with Crippen molar-refractivity contribution in [2.45, 2.75) is 44.9 Å². The van der Waals surface area contributed by atoms with Gasteiger partial charge in [0.25, 0.3) is 0 Å². The number of nitrogens with zero attached hydrogens (tertiary/aromatic N) is 2. The first-order valence-corrected chi connectivity index (χ1v) is 17.6. The summed E-state index contributed by atoms with van der Waals surface area (Å²) in [5.41, 5.74) is 6.74. The van der Waals surface area contributed by atoms with Crippen LogP contribution >= 0.6 is 31.0 Å². The molecule has 0 radical (unpaired) electrons. The van der Waals surface area contributed by atoms with Crippen molar-refractivity contribution in [2.24, 2.45) is 10.8 Å². The third-order valence-electron chi connectivity index (χ3n) is 10.8. The molecule has 4 heterocycles. The van der Waals surface area contributed by atoms with Crippen LogP contribution in [0.2, 0.25) is 0 Å². The van der Waals surface area contributed by atoms with Crippen LogP contribution in [0.4, 0.5) is 11.4 Å². The number of aryl methyl sites for hydroxylation is 2. The third kappa shape index (κ3) is 3.90. The highest BCUT2D eigenvalue weighted by molar-refractivity contribution is 7.46. The van der Waals surface area contributed by atoms with E-state index >= 15 is 0 Å². The predicted molar refractivity (Wildman–Crippen MR) is 175 cm³/mol. The number of amides is 1. The van der Waals surface area contributed by atoms with E-state index in [0.29, 0.717) is 55.1 Å². The zero-order chi connectivity index (χ0) is 31.8. The quantitative estimate of drug-likeness (QED) is 0.110. The van der Waals surface area contributed by atoms with Crippen LogP contribution < -0.4 is 14.3 Å². The van der Waals surface area contributed by atoms with Crippen LogP contribution in [0.15, 0.2) is 36.8 Å². The lowest BCUT2D eigenvalue weighted by atomic mass is 9.33. The summed E-state index contributed by atoms with van der Waals surface area (Å²) < 4.78 is 17.0. The number of aromatic amines is 2. The Morgan fingerprint density at radius 2 is 1.49 bits per heavy atom. The molecule has 2 aliphatic heterocycles. The van der Waals surface area contributed by atoms with Gasteiger partial charge in [0, 0.05) is 88.8 Å². The molecule has 13 heteroatoms. The summed E-state index contributed by atoms with van der Waals surface area (Å²) in [5.74, 6) is 0.903. The minimum absolute atomic E-state index is 0.0301. The van der Waals surface area contributed by atoms with Crippen LogP contribution in [0.25, 0.3) is 21.8 Å². The normalized spacial score (nSPS) is 26.6. The molecule has 2 aromatic heterocycles. The molecule has 2 aromatic carbocycles. The maximum atomic E-state index is 14.2. The molecule has 4 aromatic rings. The van der Waals surface area contributed by atoms with Crippen molar-refractivity contribution in [2.75, 3.05) is 34.6 Å². The Balaban J connectivity index is 1.10. The number of phenols is 1. The van der Waals surface area contributed by atoms with Crippen LogP contribution in [0.3, 0.4) is 0 Å². The molecule has 0 saturated heterocycles. The molecule has 2 bridgehead atoms. The Kier molecular flexibility index (Phi) is 6.15. The van der Waals surface area contributed by atoms with Gasteiger partial charge in [-0.05, 0) is 55.4 Å². The monoisotopic (exact) mass is 670 g/mol. The Morgan fingerprint density at radius 1 is 0.956 bits per heavy atom. The van der Waals surface area contributed by atoms with Gasteiger partial charge in [0.2, 0.25) is 5.91 Å². The largest absolute Gasteiger partial charge is 0.524 e. The third-order valence-corrected chi connectivity index (χ3v) is 11.9. The smallest absolute Gasteiger partial charge is 0.506 e. The summed E-state index contributed by atoms with van der Waals surface area (Å²) in [6.45, 7) is 9.50. The molecule has 0 unspecified atom stereocenters. The van der Waals surface area contributed by atoms with Crippen molar-refractivity contribution in [3.8, 4) is 11.5 Å². The number of aromatic hydroxyl groups is 1. The number of nitrogens with one attached hydrogen (secondary N) is 2. The second-order valence-corrected chi connectivity index (χ2v) is 15.2. The lowest BCUT2D eigenvalue weighted by molar-refractivity contribution is -0.189. The number of phosphoric acid groups is 1. The van der Waals surface area contributed by atoms with Gasteiger partial charge in [0.1, 0.15) is 5.75 Å². The van der Waals surface area contributed by atoms with Crippen LogP contribution in [0, 0.1) is 24.7 Å². The molecule has 2 atom stereocenters. The molecule has 3 aliphatic carbocycles. The molecule has 9 rings (SSSR count). The molecule has 1 amide bonds. The van der Waals surface area contributed by atoms with E-state index in [2.05, 4.69) is 21.4 Å². The van der Waals surface area contributed by atoms with Crippen molar-refractivity contribution in [3.63, 3.8) is 0 Å². The summed E-state index contributed by atoms with van der Waals surface area (Å²) in [6, 6.07) is 3.35. The van der Waals surface area contributed by atoms with Crippen molar-refractivity contribution in [1.29, 1.82) is 0 Å². The first-order chi connectivity index (χ1) is 21.3. The molecule has 3 saturated carbocycles. The predicted octanol–water partition coefficient (Wildman–Crippen LogP) is 6.64. The van der Waals surface area contributed by atoms with E-state index < -0.39 is 13.2 Å². The van der Waals surface area contributed by atoms with Crippen molar-refractivity contribution in [3.05, 3.63) is 59.1 Å². The topological polar surface area (TPSA) is 142 Å². The van der Waals surface area contributed by atoms with E-state index in [9.17, 15) is 24.3 Å². The second kappa shape index (κ2) is 9.46. The number of benzene rings is 2. The lowest BCUT2D eigenvalue weighted by Crippen LogP contribution is -2.70. The van der Waals surface area contributed by atoms with Crippen LogP contribution in [0.1, 0.15) is 53.4 Å². The molecule has 0 spiro atoms. The summed E-state index contributed by atoms with van der Waals surface area (Å²) in [5, 5.41) is 12.6. The van der Waals surface area contributed by atoms with E-state index in [1.54, 1.807) is 18.3 Å². The van der Waals surface area contributed by atoms with Gasteiger partial charge in [0.15, 0.2) is 5.75 Å². The number of phosphoric ester groups is 1. The lowest BCUT2D eigenvalue weighted by Gasteiger charge is -2.71. The first kappa shape index (κ1) is 29.3. The second-order valence-electron chi connectivity index (χ2n) is 13.4. The van der Waals surface area contributed by atoms with Gasteiger partial charge in [-0.3, -0.25) is 14.6 Å². The van der Waals surface area contributed by atoms with Crippen LogP contribution in [-0.4, -0.2) is 55.6 Å².